The number of ether oxygens (including phenoxy) is 1. The van der Waals surface area contributed by atoms with Crippen molar-refractivity contribution in [2.75, 3.05) is 0 Å². The third kappa shape index (κ3) is 2.83. The van der Waals surface area contributed by atoms with Gasteiger partial charge in [-0.2, -0.15) is 0 Å². The van der Waals surface area contributed by atoms with Crippen LogP contribution in [-0.4, -0.2) is 4.98 Å². The van der Waals surface area contributed by atoms with Gasteiger partial charge in [0.1, 0.15) is 12.4 Å². The normalized spacial score (nSPS) is 10.4. The molecule has 0 atom stereocenters. The molecule has 0 fully saturated rings. The maximum atomic E-state index is 5.77. The molecule has 84 valence electrons. The van der Waals surface area contributed by atoms with Crippen LogP contribution >= 0.6 is 27.3 Å². The fourth-order valence-corrected chi connectivity index (χ4v) is 2.36. The number of thiazole rings is 1. The summed E-state index contributed by atoms with van der Waals surface area (Å²) in [7, 11) is 0. The Balaban J connectivity index is 2.09. The average molecular weight is 298 g/mol. The van der Waals surface area contributed by atoms with Crippen LogP contribution in [0.1, 0.15) is 16.0 Å². The van der Waals surface area contributed by atoms with Crippen LogP contribution in [0.15, 0.2) is 29.9 Å². The standard InChI is InChI=1S/C12H12BrNOS/c1-9-2-3-12(10(4-9)5-13)15-7-11-6-14-8-16-11/h2-4,6,8H,5,7H2,1H3. The predicted octanol–water partition coefficient (Wildman–Crippen LogP) is 3.93. The Hall–Kier alpha value is -0.870. The number of benzene rings is 1. The summed E-state index contributed by atoms with van der Waals surface area (Å²) in [6.45, 7) is 2.67. The van der Waals surface area contributed by atoms with E-state index in [0.717, 1.165) is 16.0 Å². The molecule has 0 aliphatic carbocycles. The molecule has 0 unspecified atom stereocenters. The average Bonchev–Trinajstić information content (AvgIpc) is 2.80. The van der Waals surface area contributed by atoms with Gasteiger partial charge in [0.2, 0.25) is 0 Å². The van der Waals surface area contributed by atoms with Crippen molar-refractivity contribution >= 4 is 27.3 Å². The minimum absolute atomic E-state index is 0.591. The number of alkyl halides is 1. The summed E-state index contributed by atoms with van der Waals surface area (Å²) in [6, 6.07) is 6.22. The minimum atomic E-state index is 0.591. The fraction of sp³-hybridized carbons (Fsp3) is 0.250. The molecule has 16 heavy (non-hydrogen) atoms. The molecule has 0 N–H and O–H groups in total. The van der Waals surface area contributed by atoms with Crippen LogP contribution in [0.4, 0.5) is 0 Å². The zero-order valence-electron chi connectivity index (χ0n) is 8.94. The van der Waals surface area contributed by atoms with Gasteiger partial charge in [0.05, 0.1) is 10.4 Å². The molecule has 1 heterocycles. The molecule has 0 aliphatic heterocycles. The number of rotatable bonds is 4. The molecular formula is C12H12BrNOS. The molecule has 0 bridgehead atoms. The second-order valence-corrected chi connectivity index (χ2v) is 5.03. The highest BCUT2D eigenvalue weighted by atomic mass is 79.9. The van der Waals surface area contributed by atoms with E-state index in [0.29, 0.717) is 6.61 Å². The van der Waals surface area contributed by atoms with Crippen LogP contribution in [0.5, 0.6) is 5.75 Å². The highest BCUT2D eigenvalue weighted by Gasteiger charge is 2.03. The van der Waals surface area contributed by atoms with Crippen molar-refractivity contribution in [1.29, 1.82) is 0 Å². The van der Waals surface area contributed by atoms with Gasteiger partial charge in [-0.3, -0.25) is 4.98 Å². The summed E-state index contributed by atoms with van der Waals surface area (Å²) in [5.41, 5.74) is 4.25. The van der Waals surface area contributed by atoms with Crippen LogP contribution < -0.4 is 4.74 Å². The van der Waals surface area contributed by atoms with E-state index in [2.05, 4.69) is 40.0 Å². The molecule has 2 rings (SSSR count). The number of nitrogens with zero attached hydrogens (tertiary/aromatic N) is 1. The van der Waals surface area contributed by atoms with E-state index < -0.39 is 0 Å². The maximum absolute atomic E-state index is 5.77. The van der Waals surface area contributed by atoms with Crippen LogP contribution in [0.2, 0.25) is 0 Å². The van der Waals surface area contributed by atoms with Gasteiger partial charge in [-0.1, -0.05) is 33.6 Å². The predicted molar refractivity (Wildman–Crippen MR) is 70.3 cm³/mol. The summed E-state index contributed by atoms with van der Waals surface area (Å²) < 4.78 is 5.77. The lowest BCUT2D eigenvalue weighted by Gasteiger charge is -2.09. The van der Waals surface area contributed by atoms with E-state index in [-0.39, 0.29) is 0 Å². The smallest absolute Gasteiger partial charge is 0.124 e. The Morgan fingerprint density at radius 3 is 3.00 bits per heavy atom. The minimum Gasteiger partial charge on any atom is -0.488 e. The van der Waals surface area contributed by atoms with Crippen molar-refractivity contribution in [3.63, 3.8) is 0 Å². The molecule has 1 aromatic carbocycles. The second kappa shape index (κ2) is 5.46. The zero-order chi connectivity index (χ0) is 11.4. The Morgan fingerprint density at radius 2 is 2.31 bits per heavy atom. The summed E-state index contributed by atoms with van der Waals surface area (Å²) in [5, 5.41) is 0.812. The van der Waals surface area contributed by atoms with Crippen LogP contribution in [0, 0.1) is 6.92 Å². The van der Waals surface area contributed by atoms with Gasteiger partial charge in [-0.15, -0.1) is 11.3 Å². The van der Waals surface area contributed by atoms with E-state index in [9.17, 15) is 0 Å². The van der Waals surface area contributed by atoms with Crippen LogP contribution in [-0.2, 0) is 11.9 Å². The molecule has 0 saturated heterocycles. The number of hydrogen-bond donors (Lipinski definition) is 0. The molecule has 4 heteroatoms. The van der Waals surface area contributed by atoms with Gasteiger partial charge >= 0.3 is 0 Å². The Kier molecular flexibility index (Phi) is 3.96. The van der Waals surface area contributed by atoms with Gasteiger partial charge in [-0.05, 0) is 13.0 Å². The molecule has 2 nitrogen and oxygen atoms in total. The molecule has 0 amide bonds. The lowest BCUT2D eigenvalue weighted by atomic mass is 10.1. The maximum Gasteiger partial charge on any atom is 0.124 e. The molecule has 0 radical (unpaired) electrons. The molecule has 0 aliphatic rings. The van der Waals surface area contributed by atoms with Crippen molar-refractivity contribution < 1.29 is 4.74 Å². The van der Waals surface area contributed by atoms with E-state index in [4.69, 9.17) is 4.74 Å². The highest BCUT2D eigenvalue weighted by molar-refractivity contribution is 9.08. The fourth-order valence-electron chi connectivity index (χ4n) is 1.42. The Bertz CT molecular complexity index is 456. The van der Waals surface area contributed by atoms with Crippen LogP contribution in [0.3, 0.4) is 0 Å². The number of aromatic nitrogens is 1. The van der Waals surface area contributed by atoms with Crippen molar-refractivity contribution in [3.8, 4) is 5.75 Å². The SMILES string of the molecule is Cc1ccc(OCc2cncs2)c(CBr)c1. The zero-order valence-corrected chi connectivity index (χ0v) is 11.3. The topological polar surface area (TPSA) is 22.1 Å². The quantitative estimate of drug-likeness (QED) is 0.798. The summed E-state index contributed by atoms with van der Waals surface area (Å²) in [5.74, 6) is 0.941. The lowest BCUT2D eigenvalue weighted by Crippen LogP contribution is -1.96. The van der Waals surface area contributed by atoms with E-state index >= 15 is 0 Å². The monoisotopic (exact) mass is 297 g/mol. The number of hydrogen-bond acceptors (Lipinski definition) is 3. The van der Waals surface area contributed by atoms with Gasteiger partial charge in [0, 0.05) is 17.1 Å². The summed E-state index contributed by atoms with van der Waals surface area (Å²) in [6.07, 6.45) is 1.84. The summed E-state index contributed by atoms with van der Waals surface area (Å²) >= 11 is 5.08. The molecular weight excluding hydrogens is 286 g/mol. The van der Waals surface area contributed by atoms with E-state index in [1.165, 1.54) is 11.1 Å². The first kappa shape index (κ1) is 11.6. The van der Waals surface area contributed by atoms with Gasteiger partial charge < -0.3 is 4.74 Å². The first-order valence-electron chi connectivity index (χ1n) is 4.95. The third-order valence-electron chi connectivity index (χ3n) is 2.21. The number of aryl methyl sites for hydroxylation is 1. The molecule has 1 aromatic heterocycles. The Morgan fingerprint density at radius 1 is 1.44 bits per heavy atom. The van der Waals surface area contributed by atoms with Gasteiger partial charge in [-0.25, -0.2) is 0 Å². The van der Waals surface area contributed by atoms with Crippen molar-refractivity contribution in [3.05, 3.63) is 45.9 Å². The van der Waals surface area contributed by atoms with Crippen molar-refractivity contribution in [2.24, 2.45) is 0 Å². The van der Waals surface area contributed by atoms with E-state index in [1.807, 2.05) is 17.8 Å². The van der Waals surface area contributed by atoms with Crippen molar-refractivity contribution in [2.45, 2.75) is 18.9 Å². The number of halogens is 1. The molecule has 0 spiro atoms. The van der Waals surface area contributed by atoms with E-state index in [1.54, 1.807) is 11.3 Å². The van der Waals surface area contributed by atoms with Crippen LogP contribution in [0.25, 0.3) is 0 Å². The molecule has 0 saturated carbocycles. The highest BCUT2D eigenvalue weighted by Crippen LogP contribution is 2.23. The van der Waals surface area contributed by atoms with Crippen molar-refractivity contribution in [1.82, 2.24) is 4.98 Å². The first-order chi connectivity index (χ1) is 7.79. The second-order valence-electron chi connectivity index (χ2n) is 3.50. The third-order valence-corrected chi connectivity index (χ3v) is 3.57. The Labute approximate surface area is 107 Å². The summed E-state index contributed by atoms with van der Waals surface area (Å²) in [4.78, 5) is 5.16. The first-order valence-corrected chi connectivity index (χ1v) is 6.95. The largest absolute Gasteiger partial charge is 0.488 e. The van der Waals surface area contributed by atoms with Gasteiger partial charge in [0.15, 0.2) is 0 Å². The van der Waals surface area contributed by atoms with Gasteiger partial charge in [0.25, 0.3) is 0 Å². The molecule has 2 aromatic rings. The lowest BCUT2D eigenvalue weighted by molar-refractivity contribution is 0.307.